The Labute approximate surface area is 116 Å². The summed E-state index contributed by atoms with van der Waals surface area (Å²) < 4.78 is 0. The second kappa shape index (κ2) is 9.48. The van der Waals surface area contributed by atoms with Crippen LogP contribution in [0.4, 0.5) is 0 Å². The first kappa shape index (κ1) is 15.6. The molecule has 0 radical (unpaired) electrons. The first-order valence-corrected chi connectivity index (χ1v) is 7.27. The summed E-state index contributed by atoms with van der Waals surface area (Å²) in [5, 5.41) is 0. The van der Waals surface area contributed by atoms with Crippen molar-refractivity contribution < 1.29 is 9.59 Å². The van der Waals surface area contributed by atoms with Crippen LogP contribution >= 0.6 is 0 Å². The van der Waals surface area contributed by atoms with Crippen LogP contribution in [0, 0.1) is 5.92 Å². The smallest absolute Gasteiger partial charge is 0.133 e. The molecule has 1 unspecified atom stereocenters. The Kier molecular flexibility index (Phi) is 7.80. The minimum atomic E-state index is -0.166. The molecule has 1 atom stereocenters. The average Bonchev–Trinajstić information content (AvgIpc) is 2.44. The number of ketones is 1. The Morgan fingerprint density at radius 2 is 1.89 bits per heavy atom. The third-order valence-corrected chi connectivity index (χ3v) is 3.33. The van der Waals surface area contributed by atoms with Gasteiger partial charge in [-0.2, -0.15) is 0 Å². The lowest BCUT2D eigenvalue weighted by Gasteiger charge is -2.09. The number of rotatable bonds is 10. The van der Waals surface area contributed by atoms with E-state index in [9.17, 15) is 9.59 Å². The Hall–Kier alpha value is -1.44. The zero-order chi connectivity index (χ0) is 13.9. The van der Waals surface area contributed by atoms with E-state index in [2.05, 4.69) is 6.92 Å². The van der Waals surface area contributed by atoms with Crippen LogP contribution in [-0.2, 0) is 16.0 Å². The van der Waals surface area contributed by atoms with Crippen molar-refractivity contribution in [3.63, 3.8) is 0 Å². The predicted octanol–water partition coefficient (Wildman–Crippen LogP) is 3.97. The summed E-state index contributed by atoms with van der Waals surface area (Å²) in [5.74, 6) is 0.0604. The molecular weight excluding hydrogens is 236 g/mol. The average molecular weight is 260 g/mol. The number of Topliss-reactive ketones (excluding diaryl/α,β-unsaturated/α-hetero) is 1. The van der Waals surface area contributed by atoms with Crippen LogP contribution in [0.3, 0.4) is 0 Å². The molecule has 1 rings (SSSR count). The van der Waals surface area contributed by atoms with E-state index in [-0.39, 0.29) is 11.7 Å². The van der Waals surface area contributed by atoms with Crippen LogP contribution in [0.5, 0.6) is 0 Å². The second-order valence-electron chi connectivity index (χ2n) is 5.14. The van der Waals surface area contributed by atoms with E-state index in [4.69, 9.17) is 0 Å². The van der Waals surface area contributed by atoms with E-state index >= 15 is 0 Å². The van der Waals surface area contributed by atoms with E-state index < -0.39 is 0 Å². The lowest BCUT2D eigenvalue weighted by Crippen LogP contribution is -2.12. The molecule has 2 heteroatoms. The van der Waals surface area contributed by atoms with E-state index in [0.717, 1.165) is 24.7 Å². The lowest BCUT2D eigenvalue weighted by atomic mass is 9.94. The predicted molar refractivity (Wildman–Crippen MR) is 78.1 cm³/mol. The zero-order valence-electron chi connectivity index (χ0n) is 11.8. The van der Waals surface area contributed by atoms with Gasteiger partial charge in [-0.25, -0.2) is 0 Å². The van der Waals surface area contributed by atoms with Crippen LogP contribution in [-0.4, -0.2) is 12.1 Å². The summed E-state index contributed by atoms with van der Waals surface area (Å²) >= 11 is 0. The van der Waals surface area contributed by atoms with Crippen molar-refractivity contribution >= 4 is 12.1 Å². The van der Waals surface area contributed by atoms with Gasteiger partial charge in [-0.3, -0.25) is 4.79 Å². The van der Waals surface area contributed by atoms with Crippen LogP contribution < -0.4 is 0 Å². The van der Waals surface area contributed by atoms with E-state index in [1.54, 1.807) is 0 Å². The van der Waals surface area contributed by atoms with Gasteiger partial charge in [-0.15, -0.1) is 0 Å². The number of unbranched alkanes of at least 4 members (excludes halogenated alkanes) is 3. The van der Waals surface area contributed by atoms with Gasteiger partial charge in [0, 0.05) is 18.8 Å². The second-order valence-corrected chi connectivity index (χ2v) is 5.14. The van der Waals surface area contributed by atoms with Gasteiger partial charge in [0.25, 0.3) is 0 Å². The minimum Gasteiger partial charge on any atom is -0.303 e. The summed E-state index contributed by atoms with van der Waals surface area (Å²) in [4.78, 5) is 22.9. The molecule has 0 N–H and O–H groups in total. The first-order chi connectivity index (χ1) is 9.26. The third kappa shape index (κ3) is 6.90. The van der Waals surface area contributed by atoms with E-state index in [1.807, 2.05) is 30.3 Å². The van der Waals surface area contributed by atoms with Crippen molar-refractivity contribution in [3.05, 3.63) is 35.9 Å². The fourth-order valence-corrected chi connectivity index (χ4v) is 2.23. The highest BCUT2D eigenvalue weighted by atomic mass is 16.1. The Morgan fingerprint density at radius 1 is 1.16 bits per heavy atom. The number of hydrogen-bond donors (Lipinski definition) is 0. The topological polar surface area (TPSA) is 34.1 Å². The maximum Gasteiger partial charge on any atom is 0.133 e. The first-order valence-electron chi connectivity index (χ1n) is 7.27. The monoisotopic (exact) mass is 260 g/mol. The molecule has 0 aromatic heterocycles. The molecule has 0 aliphatic rings. The van der Waals surface area contributed by atoms with Crippen LogP contribution in [0.15, 0.2) is 30.3 Å². The highest BCUT2D eigenvalue weighted by Gasteiger charge is 2.13. The SMILES string of the molecule is CCCCCCC(=O)CC(C=O)Cc1ccccc1. The zero-order valence-corrected chi connectivity index (χ0v) is 11.8. The standard InChI is InChI=1S/C17H24O2/c1-2-3-4-8-11-17(19)13-16(14-18)12-15-9-6-5-7-10-15/h5-7,9-10,14,16H,2-4,8,11-13H2,1H3. The maximum atomic E-state index is 11.8. The van der Waals surface area contributed by atoms with Crippen molar-refractivity contribution in [2.24, 2.45) is 5.92 Å². The number of hydrogen-bond acceptors (Lipinski definition) is 2. The molecule has 104 valence electrons. The van der Waals surface area contributed by atoms with Gasteiger partial charge in [-0.1, -0.05) is 56.5 Å². The summed E-state index contributed by atoms with van der Waals surface area (Å²) in [6.07, 6.45) is 7.06. The highest BCUT2D eigenvalue weighted by molar-refractivity contribution is 5.81. The van der Waals surface area contributed by atoms with Crippen LogP contribution in [0.2, 0.25) is 0 Å². The Morgan fingerprint density at radius 3 is 2.53 bits per heavy atom. The Bertz CT molecular complexity index is 370. The molecular formula is C17H24O2. The lowest BCUT2D eigenvalue weighted by molar-refractivity contribution is -0.122. The molecule has 0 aliphatic heterocycles. The number of carbonyl (C=O) groups excluding carboxylic acids is 2. The molecule has 0 fully saturated rings. The number of aldehydes is 1. The van der Waals surface area contributed by atoms with Crippen molar-refractivity contribution in [1.29, 1.82) is 0 Å². The van der Waals surface area contributed by atoms with Gasteiger partial charge in [0.05, 0.1) is 0 Å². The van der Waals surface area contributed by atoms with Crippen molar-refractivity contribution in [2.75, 3.05) is 0 Å². The maximum absolute atomic E-state index is 11.8. The molecule has 0 spiro atoms. The van der Waals surface area contributed by atoms with Gasteiger partial charge in [0.2, 0.25) is 0 Å². The van der Waals surface area contributed by atoms with Crippen molar-refractivity contribution in [3.8, 4) is 0 Å². The fourth-order valence-electron chi connectivity index (χ4n) is 2.23. The number of carbonyl (C=O) groups is 2. The van der Waals surface area contributed by atoms with Gasteiger partial charge >= 0.3 is 0 Å². The number of benzene rings is 1. The normalized spacial score (nSPS) is 12.1. The molecule has 1 aromatic rings. The summed E-state index contributed by atoms with van der Waals surface area (Å²) in [5.41, 5.74) is 1.12. The van der Waals surface area contributed by atoms with Gasteiger partial charge in [-0.05, 0) is 18.4 Å². The van der Waals surface area contributed by atoms with Crippen LogP contribution in [0.25, 0.3) is 0 Å². The molecule has 0 bridgehead atoms. The van der Waals surface area contributed by atoms with E-state index in [1.165, 1.54) is 12.8 Å². The fraction of sp³-hybridized carbons (Fsp3) is 0.529. The van der Waals surface area contributed by atoms with Crippen molar-refractivity contribution in [2.45, 2.75) is 51.9 Å². The molecule has 0 aliphatic carbocycles. The van der Waals surface area contributed by atoms with Gasteiger partial charge in [0.1, 0.15) is 12.1 Å². The summed E-state index contributed by atoms with van der Waals surface area (Å²) in [7, 11) is 0. The molecule has 0 amide bonds. The summed E-state index contributed by atoms with van der Waals surface area (Å²) in [6.45, 7) is 2.16. The van der Waals surface area contributed by atoms with Crippen LogP contribution in [0.1, 0.15) is 51.0 Å². The molecule has 0 heterocycles. The molecule has 1 aromatic carbocycles. The van der Waals surface area contributed by atoms with Gasteiger partial charge in [0.15, 0.2) is 0 Å². The molecule has 0 saturated carbocycles. The van der Waals surface area contributed by atoms with E-state index in [0.29, 0.717) is 19.3 Å². The highest BCUT2D eigenvalue weighted by Crippen LogP contribution is 2.13. The van der Waals surface area contributed by atoms with Crippen molar-refractivity contribution in [1.82, 2.24) is 0 Å². The molecule has 2 nitrogen and oxygen atoms in total. The molecule has 0 saturated heterocycles. The third-order valence-electron chi connectivity index (χ3n) is 3.33. The summed E-state index contributed by atoms with van der Waals surface area (Å²) in [6, 6.07) is 9.89. The largest absolute Gasteiger partial charge is 0.303 e. The van der Waals surface area contributed by atoms with Gasteiger partial charge < -0.3 is 4.79 Å². The minimum absolute atomic E-state index is 0.166. The Balaban J connectivity index is 2.31. The quantitative estimate of drug-likeness (QED) is 0.471. The molecule has 19 heavy (non-hydrogen) atoms.